The molecule has 0 radical (unpaired) electrons. The zero-order valence-corrected chi connectivity index (χ0v) is 13.9. The van der Waals surface area contributed by atoms with Crippen LogP contribution in [0, 0.1) is 5.92 Å². The van der Waals surface area contributed by atoms with Gasteiger partial charge in [0.05, 0.1) is 25.9 Å². The van der Waals surface area contributed by atoms with Crippen LogP contribution in [0.15, 0.2) is 18.2 Å². The summed E-state index contributed by atoms with van der Waals surface area (Å²) >= 11 is 0. The summed E-state index contributed by atoms with van der Waals surface area (Å²) < 4.78 is 10.5. The van der Waals surface area contributed by atoms with E-state index in [2.05, 4.69) is 17.1 Å². The maximum absolute atomic E-state index is 12.5. The van der Waals surface area contributed by atoms with Gasteiger partial charge in [0.15, 0.2) is 0 Å². The van der Waals surface area contributed by atoms with Crippen LogP contribution in [0.5, 0.6) is 11.5 Å². The van der Waals surface area contributed by atoms with Gasteiger partial charge in [-0.15, -0.1) is 0 Å². The molecule has 0 bridgehead atoms. The van der Waals surface area contributed by atoms with Crippen LogP contribution in [0.1, 0.15) is 26.7 Å². The molecule has 1 N–H and O–H groups in total. The largest absolute Gasteiger partial charge is 0.497 e. The molecule has 2 atom stereocenters. The highest BCUT2D eigenvalue weighted by Crippen LogP contribution is 2.29. The minimum Gasteiger partial charge on any atom is -0.497 e. The van der Waals surface area contributed by atoms with Crippen LogP contribution >= 0.6 is 0 Å². The van der Waals surface area contributed by atoms with E-state index in [1.807, 2.05) is 13.0 Å². The predicted octanol–water partition coefficient (Wildman–Crippen LogP) is 2.76. The van der Waals surface area contributed by atoms with Crippen molar-refractivity contribution >= 4 is 11.6 Å². The summed E-state index contributed by atoms with van der Waals surface area (Å²) in [4.78, 5) is 14.8. The summed E-state index contributed by atoms with van der Waals surface area (Å²) in [7, 11) is 3.19. The first-order chi connectivity index (χ1) is 10.5. The number of carbonyl (C=O) groups excluding carboxylic acids is 1. The molecule has 122 valence electrons. The van der Waals surface area contributed by atoms with Gasteiger partial charge in [-0.1, -0.05) is 6.92 Å². The molecule has 2 unspecified atom stereocenters. The van der Waals surface area contributed by atoms with Crippen LogP contribution in [0.25, 0.3) is 0 Å². The van der Waals surface area contributed by atoms with Gasteiger partial charge in [-0.05, 0) is 44.4 Å². The number of anilines is 1. The summed E-state index contributed by atoms with van der Waals surface area (Å²) in [6.07, 6.45) is 2.40. The number of benzene rings is 1. The molecule has 5 heteroatoms. The van der Waals surface area contributed by atoms with Gasteiger partial charge < -0.3 is 14.8 Å². The van der Waals surface area contributed by atoms with E-state index in [4.69, 9.17) is 9.47 Å². The second kappa shape index (κ2) is 7.49. The highest BCUT2D eigenvalue weighted by atomic mass is 16.5. The van der Waals surface area contributed by atoms with Crippen molar-refractivity contribution in [3.8, 4) is 11.5 Å². The maximum atomic E-state index is 12.5. The van der Waals surface area contributed by atoms with Crippen molar-refractivity contribution in [2.24, 2.45) is 5.92 Å². The molecule has 1 aromatic carbocycles. The Hall–Kier alpha value is -1.75. The quantitative estimate of drug-likeness (QED) is 0.909. The summed E-state index contributed by atoms with van der Waals surface area (Å²) in [5.41, 5.74) is 0.642. The topological polar surface area (TPSA) is 50.8 Å². The number of nitrogens with zero attached hydrogens (tertiary/aromatic N) is 1. The number of nitrogens with one attached hydrogen (secondary N) is 1. The van der Waals surface area contributed by atoms with Crippen molar-refractivity contribution in [2.75, 3.05) is 32.6 Å². The first kappa shape index (κ1) is 16.6. The minimum atomic E-state index is -0.154. The van der Waals surface area contributed by atoms with E-state index in [1.54, 1.807) is 26.4 Å². The van der Waals surface area contributed by atoms with Crippen LogP contribution in [0.4, 0.5) is 5.69 Å². The van der Waals surface area contributed by atoms with E-state index < -0.39 is 0 Å². The van der Waals surface area contributed by atoms with E-state index in [-0.39, 0.29) is 11.9 Å². The Labute approximate surface area is 132 Å². The normalized spacial score (nSPS) is 20.3. The van der Waals surface area contributed by atoms with Crippen LogP contribution < -0.4 is 14.8 Å². The lowest BCUT2D eigenvalue weighted by Gasteiger charge is -2.34. The molecular formula is C17H26N2O3. The fraction of sp³-hybridized carbons (Fsp3) is 0.588. The number of likely N-dealkylation sites (tertiary alicyclic amines) is 1. The molecule has 0 aliphatic carbocycles. The van der Waals surface area contributed by atoms with Crippen LogP contribution in [0.2, 0.25) is 0 Å². The van der Waals surface area contributed by atoms with Gasteiger partial charge in [0.2, 0.25) is 5.91 Å². The third kappa shape index (κ3) is 3.91. The molecule has 1 heterocycles. The number of piperidine rings is 1. The summed E-state index contributed by atoms with van der Waals surface area (Å²) in [6.45, 7) is 6.15. The number of amides is 1. The van der Waals surface area contributed by atoms with E-state index in [0.29, 0.717) is 23.1 Å². The number of hydrogen-bond acceptors (Lipinski definition) is 4. The van der Waals surface area contributed by atoms with E-state index in [1.165, 1.54) is 6.42 Å². The predicted molar refractivity (Wildman–Crippen MR) is 87.6 cm³/mol. The van der Waals surface area contributed by atoms with Gasteiger partial charge >= 0.3 is 0 Å². The molecule has 0 aromatic heterocycles. The van der Waals surface area contributed by atoms with Gasteiger partial charge in [0.25, 0.3) is 0 Å². The first-order valence-electron chi connectivity index (χ1n) is 7.82. The van der Waals surface area contributed by atoms with Gasteiger partial charge in [-0.25, -0.2) is 0 Å². The molecule has 1 aliphatic rings. The van der Waals surface area contributed by atoms with Gasteiger partial charge in [0.1, 0.15) is 11.5 Å². The molecule has 1 aromatic rings. The van der Waals surface area contributed by atoms with Crippen molar-refractivity contribution in [3.63, 3.8) is 0 Å². The van der Waals surface area contributed by atoms with E-state index in [0.717, 1.165) is 19.5 Å². The molecule has 1 aliphatic heterocycles. The van der Waals surface area contributed by atoms with Crippen LogP contribution in [-0.2, 0) is 4.79 Å². The molecule has 22 heavy (non-hydrogen) atoms. The number of rotatable bonds is 5. The van der Waals surface area contributed by atoms with Gasteiger partial charge in [-0.2, -0.15) is 0 Å². The first-order valence-corrected chi connectivity index (χ1v) is 7.82. The Morgan fingerprint density at radius 2 is 2.14 bits per heavy atom. The second-order valence-electron chi connectivity index (χ2n) is 5.97. The van der Waals surface area contributed by atoms with Crippen LogP contribution in [0.3, 0.4) is 0 Å². The monoisotopic (exact) mass is 306 g/mol. The fourth-order valence-electron chi connectivity index (χ4n) is 2.89. The van der Waals surface area contributed by atoms with Gasteiger partial charge in [0, 0.05) is 12.6 Å². The number of ether oxygens (including phenoxy) is 2. The molecular weight excluding hydrogens is 280 g/mol. The molecule has 1 fully saturated rings. The highest BCUT2D eigenvalue weighted by Gasteiger charge is 2.26. The molecule has 1 saturated heterocycles. The Morgan fingerprint density at radius 3 is 2.77 bits per heavy atom. The van der Waals surface area contributed by atoms with Crippen LogP contribution in [-0.4, -0.2) is 44.2 Å². The lowest BCUT2D eigenvalue weighted by Crippen LogP contribution is -2.46. The van der Waals surface area contributed by atoms with Crippen molar-refractivity contribution in [1.82, 2.24) is 4.90 Å². The SMILES string of the molecule is COc1ccc(OC)c(NC(=O)C(C)N2CCCC(C)C2)c1. The Balaban J connectivity index is 2.07. The molecule has 0 spiro atoms. The van der Waals surface area contributed by atoms with Crippen molar-refractivity contribution in [2.45, 2.75) is 32.7 Å². The Kier molecular flexibility index (Phi) is 5.66. The summed E-state index contributed by atoms with van der Waals surface area (Å²) in [5, 5.41) is 2.96. The van der Waals surface area contributed by atoms with Crippen molar-refractivity contribution in [3.05, 3.63) is 18.2 Å². The average molecular weight is 306 g/mol. The molecule has 1 amide bonds. The van der Waals surface area contributed by atoms with Crippen molar-refractivity contribution in [1.29, 1.82) is 0 Å². The Bertz CT molecular complexity index is 519. The highest BCUT2D eigenvalue weighted by molar-refractivity contribution is 5.96. The zero-order chi connectivity index (χ0) is 16.1. The zero-order valence-electron chi connectivity index (χ0n) is 13.9. The minimum absolute atomic E-state index is 0.0133. The third-order valence-corrected chi connectivity index (χ3v) is 4.28. The lowest BCUT2D eigenvalue weighted by atomic mass is 9.99. The summed E-state index contributed by atoms with van der Waals surface area (Å²) in [6, 6.07) is 5.23. The third-order valence-electron chi connectivity index (χ3n) is 4.28. The smallest absolute Gasteiger partial charge is 0.241 e. The van der Waals surface area contributed by atoms with E-state index >= 15 is 0 Å². The standard InChI is InChI=1S/C17H26N2O3/c1-12-6-5-9-19(11-12)13(2)17(20)18-15-10-14(21-3)7-8-16(15)22-4/h7-8,10,12-13H,5-6,9,11H2,1-4H3,(H,18,20). The molecule has 2 rings (SSSR count). The fourth-order valence-corrected chi connectivity index (χ4v) is 2.89. The number of hydrogen-bond donors (Lipinski definition) is 1. The lowest BCUT2D eigenvalue weighted by molar-refractivity contribution is -0.121. The maximum Gasteiger partial charge on any atom is 0.241 e. The second-order valence-corrected chi connectivity index (χ2v) is 5.97. The van der Waals surface area contributed by atoms with Crippen molar-refractivity contribution < 1.29 is 14.3 Å². The molecule has 0 saturated carbocycles. The Morgan fingerprint density at radius 1 is 1.36 bits per heavy atom. The number of carbonyl (C=O) groups is 1. The molecule has 5 nitrogen and oxygen atoms in total. The van der Waals surface area contributed by atoms with E-state index in [9.17, 15) is 4.79 Å². The average Bonchev–Trinajstić information content (AvgIpc) is 2.53. The van der Waals surface area contributed by atoms with Gasteiger partial charge in [-0.3, -0.25) is 9.69 Å². The number of methoxy groups -OCH3 is 2. The summed E-state index contributed by atoms with van der Waals surface area (Å²) in [5.74, 6) is 1.96.